The number of carbonyl (C=O) groups is 1. The molecular formula is C14H12ClNO3. The molecule has 2 N–H and O–H groups in total. The minimum Gasteiger partial charge on any atom is -0.504 e. The van der Waals surface area contributed by atoms with E-state index in [1.165, 1.54) is 13.2 Å². The molecule has 0 radical (unpaired) electrons. The van der Waals surface area contributed by atoms with Gasteiger partial charge in [0.25, 0.3) is 5.91 Å². The summed E-state index contributed by atoms with van der Waals surface area (Å²) in [6.07, 6.45) is 0. The fourth-order valence-corrected chi connectivity index (χ4v) is 1.73. The van der Waals surface area contributed by atoms with Gasteiger partial charge in [-0.15, -0.1) is 0 Å². The van der Waals surface area contributed by atoms with Crippen LogP contribution in [0.1, 0.15) is 10.4 Å². The van der Waals surface area contributed by atoms with Crippen molar-refractivity contribution >= 4 is 23.2 Å². The van der Waals surface area contributed by atoms with Crippen LogP contribution in [0.3, 0.4) is 0 Å². The second kappa shape index (κ2) is 5.63. The first-order chi connectivity index (χ1) is 9.11. The smallest absolute Gasteiger partial charge is 0.259 e. The summed E-state index contributed by atoms with van der Waals surface area (Å²) in [7, 11) is 1.43. The van der Waals surface area contributed by atoms with E-state index in [1.807, 2.05) is 0 Å². The van der Waals surface area contributed by atoms with Crippen molar-refractivity contribution in [3.05, 3.63) is 53.1 Å². The highest BCUT2D eigenvalue weighted by Gasteiger charge is 2.14. The Morgan fingerprint density at radius 3 is 2.53 bits per heavy atom. The van der Waals surface area contributed by atoms with Crippen LogP contribution in [0.5, 0.6) is 11.5 Å². The zero-order chi connectivity index (χ0) is 13.8. The Morgan fingerprint density at radius 1 is 1.21 bits per heavy atom. The average Bonchev–Trinajstić information content (AvgIpc) is 2.41. The molecule has 0 aliphatic carbocycles. The summed E-state index contributed by atoms with van der Waals surface area (Å²) >= 11 is 5.76. The fourth-order valence-electron chi connectivity index (χ4n) is 1.60. The molecule has 0 saturated heterocycles. The van der Waals surface area contributed by atoms with Gasteiger partial charge in [0.1, 0.15) is 0 Å². The summed E-state index contributed by atoms with van der Waals surface area (Å²) in [6, 6.07) is 11.4. The quantitative estimate of drug-likeness (QED) is 0.905. The van der Waals surface area contributed by atoms with E-state index in [0.717, 1.165) is 0 Å². The van der Waals surface area contributed by atoms with E-state index in [0.29, 0.717) is 10.7 Å². The van der Waals surface area contributed by atoms with Crippen LogP contribution in [-0.2, 0) is 0 Å². The number of halogens is 1. The molecule has 2 rings (SSSR count). The third kappa shape index (κ3) is 2.98. The van der Waals surface area contributed by atoms with E-state index in [-0.39, 0.29) is 17.1 Å². The van der Waals surface area contributed by atoms with Gasteiger partial charge in [0.2, 0.25) is 0 Å². The van der Waals surface area contributed by atoms with Crippen molar-refractivity contribution in [1.29, 1.82) is 0 Å². The number of aromatic hydroxyl groups is 1. The van der Waals surface area contributed by atoms with Crippen molar-refractivity contribution in [3.8, 4) is 11.5 Å². The number of phenols is 1. The van der Waals surface area contributed by atoms with Gasteiger partial charge in [-0.25, -0.2) is 0 Å². The number of ether oxygens (including phenoxy) is 1. The first-order valence-electron chi connectivity index (χ1n) is 5.54. The van der Waals surface area contributed by atoms with Gasteiger partial charge in [0.15, 0.2) is 11.5 Å². The molecule has 0 bridgehead atoms. The summed E-state index contributed by atoms with van der Waals surface area (Å²) < 4.78 is 4.95. The lowest BCUT2D eigenvalue weighted by molar-refractivity contribution is 0.102. The molecule has 0 fully saturated rings. The number of benzene rings is 2. The average molecular weight is 278 g/mol. The van der Waals surface area contributed by atoms with Crippen LogP contribution >= 0.6 is 11.6 Å². The normalized spacial score (nSPS) is 10.0. The zero-order valence-corrected chi connectivity index (χ0v) is 10.9. The van der Waals surface area contributed by atoms with Gasteiger partial charge in [0.05, 0.1) is 12.7 Å². The lowest BCUT2D eigenvalue weighted by Crippen LogP contribution is -2.12. The molecule has 0 unspecified atom stereocenters. The van der Waals surface area contributed by atoms with E-state index in [1.54, 1.807) is 36.4 Å². The molecule has 0 aromatic heterocycles. The predicted octanol–water partition coefficient (Wildman–Crippen LogP) is 3.31. The second-order valence-electron chi connectivity index (χ2n) is 3.82. The molecule has 2 aromatic carbocycles. The Kier molecular flexibility index (Phi) is 3.92. The zero-order valence-electron chi connectivity index (χ0n) is 10.2. The minimum absolute atomic E-state index is 0.147. The number of anilines is 1. The van der Waals surface area contributed by atoms with E-state index >= 15 is 0 Å². The van der Waals surface area contributed by atoms with Crippen LogP contribution in [0.2, 0.25) is 5.02 Å². The van der Waals surface area contributed by atoms with Crippen molar-refractivity contribution in [2.45, 2.75) is 0 Å². The number of phenolic OH excluding ortho intramolecular Hbond substituents is 1. The van der Waals surface area contributed by atoms with E-state index in [2.05, 4.69) is 5.32 Å². The molecule has 98 valence electrons. The lowest BCUT2D eigenvalue weighted by atomic mass is 10.1. The lowest BCUT2D eigenvalue weighted by Gasteiger charge is -2.09. The molecule has 4 nitrogen and oxygen atoms in total. The third-order valence-corrected chi connectivity index (χ3v) is 2.82. The molecule has 0 heterocycles. The number of hydrogen-bond acceptors (Lipinski definition) is 3. The standard InChI is InChI=1S/C14H12ClNO3/c1-19-12-4-2-3-11(13(12)17)14(18)16-10-7-5-9(15)6-8-10/h2-8,17H,1H3,(H,16,18). The minimum atomic E-state index is -0.418. The molecule has 0 spiro atoms. The van der Waals surface area contributed by atoms with Gasteiger partial charge in [-0.2, -0.15) is 0 Å². The fraction of sp³-hybridized carbons (Fsp3) is 0.0714. The van der Waals surface area contributed by atoms with Crippen LogP contribution in [0.4, 0.5) is 5.69 Å². The molecule has 0 aliphatic heterocycles. The number of nitrogens with one attached hydrogen (secondary N) is 1. The Labute approximate surface area is 115 Å². The SMILES string of the molecule is COc1cccc(C(=O)Nc2ccc(Cl)cc2)c1O. The topological polar surface area (TPSA) is 58.6 Å². The Bertz CT molecular complexity index is 596. The molecule has 0 atom stereocenters. The van der Waals surface area contributed by atoms with Crippen molar-refractivity contribution in [2.75, 3.05) is 12.4 Å². The molecule has 0 saturated carbocycles. The number of para-hydroxylation sites is 1. The summed E-state index contributed by atoms with van der Waals surface area (Å²) in [5, 5.41) is 13.1. The first-order valence-corrected chi connectivity index (χ1v) is 5.92. The molecular weight excluding hydrogens is 266 g/mol. The third-order valence-electron chi connectivity index (χ3n) is 2.57. The molecule has 1 amide bonds. The maximum absolute atomic E-state index is 12.0. The van der Waals surface area contributed by atoms with E-state index < -0.39 is 5.91 Å². The van der Waals surface area contributed by atoms with E-state index in [4.69, 9.17) is 16.3 Å². The summed E-state index contributed by atoms with van der Waals surface area (Å²) in [4.78, 5) is 12.0. The summed E-state index contributed by atoms with van der Waals surface area (Å²) in [5.41, 5.74) is 0.742. The van der Waals surface area contributed by atoms with E-state index in [9.17, 15) is 9.90 Å². The van der Waals surface area contributed by atoms with Crippen LogP contribution in [-0.4, -0.2) is 18.1 Å². The number of amides is 1. The predicted molar refractivity (Wildman–Crippen MR) is 74.1 cm³/mol. The molecule has 19 heavy (non-hydrogen) atoms. The van der Waals surface area contributed by atoms with Crippen molar-refractivity contribution in [3.63, 3.8) is 0 Å². The summed E-state index contributed by atoms with van der Waals surface area (Å²) in [6.45, 7) is 0. The van der Waals surface area contributed by atoms with Gasteiger partial charge in [-0.05, 0) is 36.4 Å². The summed E-state index contributed by atoms with van der Waals surface area (Å²) in [5.74, 6) is -0.348. The first kappa shape index (κ1) is 13.2. The highest BCUT2D eigenvalue weighted by atomic mass is 35.5. The van der Waals surface area contributed by atoms with Crippen molar-refractivity contribution in [1.82, 2.24) is 0 Å². The van der Waals surface area contributed by atoms with Crippen LogP contribution in [0.15, 0.2) is 42.5 Å². The van der Waals surface area contributed by atoms with Gasteiger partial charge < -0.3 is 15.2 Å². The Morgan fingerprint density at radius 2 is 1.89 bits per heavy atom. The van der Waals surface area contributed by atoms with Gasteiger partial charge in [-0.1, -0.05) is 17.7 Å². The van der Waals surface area contributed by atoms with Gasteiger partial charge >= 0.3 is 0 Å². The Balaban J connectivity index is 2.23. The largest absolute Gasteiger partial charge is 0.504 e. The molecule has 0 aliphatic rings. The highest BCUT2D eigenvalue weighted by Crippen LogP contribution is 2.29. The second-order valence-corrected chi connectivity index (χ2v) is 4.25. The molecule has 5 heteroatoms. The molecule has 2 aromatic rings. The maximum atomic E-state index is 12.0. The Hall–Kier alpha value is -2.20. The van der Waals surface area contributed by atoms with Gasteiger partial charge in [0, 0.05) is 10.7 Å². The number of rotatable bonds is 3. The number of methoxy groups -OCH3 is 1. The van der Waals surface area contributed by atoms with Crippen LogP contribution in [0.25, 0.3) is 0 Å². The van der Waals surface area contributed by atoms with Crippen LogP contribution < -0.4 is 10.1 Å². The number of hydrogen-bond donors (Lipinski definition) is 2. The maximum Gasteiger partial charge on any atom is 0.259 e. The van der Waals surface area contributed by atoms with Crippen LogP contribution in [0, 0.1) is 0 Å². The highest BCUT2D eigenvalue weighted by molar-refractivity contribution is 6.30. The monoisotopic (exact) mass is 277 g/mol. The van der Waals surface area contributed by atoms with Gasteiger partial charge in [-0.3, -0.25) is 4.79 Å². The van der Waals surface area contributed by atoms with Crippen molar-refractivity contribution < 1.29 is 14.6 Å². The number of carbonyl (C=O) groups excluding carboxylic acids is 1. The van der Waals surface area contributed by atoms with Crippen molar-refractivity contribution in [2.24, 2.45) is 0 Å².